The third-order valence-corrected chi connectivity index (χ3v) is 3.37. The summed E-state index contributed by atoms with van der Waals surface area (Å²) in [6.07, 6.45) is 2.35. The Morgan fingerprint density at radius 3 is 2.74 bits per heavy atom. The van der Waals surface area contributed by atoms with E-state index in [-0.39, 0.29) is 17.2 Å². The van der Waals surface area contributed by atoms with E-state index in [0.717, 1.165) is 12.8 Å². The van der Waals surface area contributed by atoms with E-state index in [0.29, 0.717) is 13.0 Å². The summed E-state index contributed by atoms with van der Waals surface area (Å²) in [4.78, 5) is 25.6. The molecule has 1 N–H and O–H groups in total. The number of ether oxygens (including phenoxy) is 1. The molecule has 2 rings (SSSR count). The number of nitrogens with zero attached hydrogens (tertiary/aromatic N) is 1. The maximum Gasteiger partial charge on any atom is 0.328 e. The lowest BCUT2D eigenvalue weighted by atomic mass is 10.0. The Bertz CT molecular complexity index is 486. The first-order valence-electron chi connectivity index (χ1n) is 6.32. The number of benzene rings is 1. The molecule has 5 heteroatoms. The van der Waals surface area contributed by atoms with Crippen molar-refractivity contribution in [1.29, 1.82) is 0 Å². The molecule has 0 radical (unpaired) electrons. The lowest BCUT2D eigenvalue weighted by molar-refractivity contribution is -0.147. The molecule has 0 aliphatic carbocycles. The van der Waals surface area contributed by atoms with Gasteiger partial charge in [0.2, 0.25) is 0 Å². The third-order valence-electron chi connectivity index (χ3n) is 3.37. The fourth-order valence-corrected chi connectivity index (χ4v) is 2.36. The Labute approximate surface area is 111 Å². The SMILES string of the molecule is COC(=O)C1CCCCN1C(=O)c1ccccc1O. The number of carbonyl (C=O) groups excluding carboxylic acids is 2. The fourth-order valence-electron chi connectivity index (χ4n) is 2.36. The molecule has 5 nitrogen and oxygen atoms in total. The van der Waals surface area contributed by atoms with Crippen LogP contribution in [0.5, 0.6) is 5.75 Å². The summed E-state index contributed by atoms with van der Waals surface area (Å²) < 4.78 is 4.74. The summed E-state index contributed by atoms with van der Waals surface area (Å²) in [5, 5.41) is 9.73. The van der Waals surface area contributed by atoms with Gasteiger partial charge in [0.05, 0.1) is 12.7 Å². The number of carbonyl (C=O) groups is 2. The van der Waals surface area contributed by atoms with Gasteiger partial charge >= 0.3 is 5.97 Å². The highest BCUT2D eigenvalue weighted by Crippen LogP contribution is 2.24. The number of amides is 1. The van der Waals surface area contributed by atoms with Crippen LogP contribution in [-0.4, -0.2) is 41.6 Å². The van der Waals surface area contributed by atoms with Gasteiger partial charge in [-0.25, -0.2) is 4.79 Å². The smallest absolute Gasteiger partial charge is 0.328 e. The molecule has 1 aliphatic heterocycles. The van der Waals surface area contributed by atoms with Crippen LogP contribution in [0.2, 0.25) is 0 Å². The highest BCUT2D eigenvalue weighted by Gasteiger charge is 2.33. The zero-order valence-corrected chi connectivity index (χ0v) is 10.8. The van der Waals surface area contributed by atoms with Crippen molar-refractivity contribution in [3.8, 4) is 5.75 Å². The van der Waals surface area contributed by atoms with Gasteiger partial charge in [-0.2, -0.15) is 0 Å². The van der Waals surface area contributed by atoms with E-state index in [1.54, 1.807) is 18.2 Å². The van der Waals surface area contributed by atoms with Crippen molar-refractivity contribution < 1.29 is 19.4 Å². The Kier molecular flexibility index (Phi) is 4.04. The van der Waals surface area contributed by atoms with Crippen molar-refractivity contribution in [2.45, 2.75) is 25.3 Å². The van der Waals surface area contributed by atoms with E-state index in [2.05, 4.69) is 0 Å². The number of methoxy groups -OCH3 is 1. The third kappa shape index (κ3) is 2.70. The maximum atomic E-state index is 12.4. The molecule has 1 heterocycles. The number of rotatable bonds is 2. The summed E-state index contributed by atoms with van der Waals surface area (Å²) in [6.45, 7) is 0.507. The van der Waals surface area contributed by atoms with Crippen molar-refractivity contribution in [3.05, 3.63) is 29.8 Å². The molecule has 0 aromatic heterocycles. The maximum absolute atomic E-state index is 12.4. The van der Waals surface area contributed by atoms with Crippen molar-refractivity contribution >= 4 is 11.9 Å². The lowest BCUT2D eigenvalue weighted by Crippen LogP contribution is -2.48. The number of hydrogen-bond acceptors (Lipinski definition) is 4. The number of aromatic hydroxyl groups is 1. The second kappa shape index (κ2) is 5.73. The second-order valence-electron chi connectivity index (χ2n) is 4.55. The van der Waals surface area contributed by atoms with Gasteiger partial charge < -0.3 is 14.7 Å². The Hall–Kier alpha value is -2.04. The Balaban J connectivity index is 2.25. The van der Waals surface area contributed by atoms with E-state index in [9.17, 15) is 14.7 Å². The predicted octanol–water partition coefficient (Wildman–Crippen LogP) is 1.56. The van der Waals surface area contributed by atoms with E-state index in [1.807, 2.05) is 0 Å². The number of phenolic OH excluding ortho intramolecular Hbond substituents is 1. The molecule has 102 valence electrons. The van der Waals surface area contributed by atoms with Crippen LogP contribution >= 0.6 is 0 Å². The van der Waals surface area contributed by atoms with Crippen molar-refractivity contribution in [2.75, 3.05) is 13.7 Å². The minimum absolute atomic E-state index is 0.0679. The minimum atomic E-state index is -0.550. The molecule has 1 unspecified atom stereocenters. The number of phenols is 1. The van der Waals surface area contributed by atoms with Crippen LogP contribution in [0.4, 0.5) is 0 Å². The van der Waals surface area contributed by atoms with Crippen LogP contribution in [0.25, 0.3) is 0 Å². The summed E-state index contributed by atoms with van der Waals surface area (Å²) in [5.74, 6) is -0.793. The number of likely N-dealkylation sites (tertiary alicyclic amines) is 1. The first kappa shape index (κ1) is 13.4. The molecule has 1 aromatic carbocycles. The average Bonchev–Trinajstić information content (AvgIpc) is 2.46. The largest absolute Gasteiger partial charge is 0.507 e. The average molecular weight is 263 g/mol. The van der Waals surface area contributed by atoms with E-state index < -0.39 is 12.0 Å². The molecule has 0 saturated carbocycles. The molecule has 1 aromatic rings. The monoisotopic (exact) mass is 263 g/mol. The summed E-state index contributed by atoms with van der Waals surface area (Å²) >= 11 is 0. The molecular weight excluding hydrogens is 246 g/mol. The summed E-state index contributed by atoms with van der Waals surface area (Å²) in [6, 6.07) is 5.81. The Morgan fingerprint density at radius 1 is 1.32 bits per heavy atom. The van der Waals surface area contributed by atoms with Gasteiger partial charge in [0.25, 0.3) is 5.91 Å². The lowest BCUT2D eigenvalue weighted by Gasteiger charge is -2.33. The van der Waals surface area contributed by atoms with E-state index in [1.165, 1.54) is 18.1 Å². The highest BCUT2D eigenvalue weighted by atomic mass is 16.5. The van der Waals surface area contributed by atoms with Crippen LogP contribution in [0.1, 0.15) is 29.6 Å². The van der Waals surface area contributed by atoms with Crippen molar-refractivity contribution in [3.63, 3.8) is 0 Å². The minimum Gasteiger partial charge on any atom is -0.507 e. The molecule has 1 aliphatic rings. The highest BCUT2D eigenvalue weighted by molar-refractivity contribution is 5.99. The Morgan fingerprint density at radius 2 is 2.05 bits per heavy atom. The first-order chi connectivity index (χ1) is 9.15. The van der Waals surface area contributed by atoms with Gasteiger partial charge in [0, 0.05) is 6.54 Å². The fraction of sp³-hybridized carbons (Fsp3) is 0.429. The van der Waals surface area contributed by atoms with Crippen molar-refractivity contribution in [2.24, 2.45) is 0 Å². The number of para-hydroxylation sites is 1. The van der Waals surface area contributed by atoms with E-state index in [4.69, 9.17) is 4.74 Å². The second-order valence-corrected chi connectivity index (χ2v) is 4.55. The van der Waals surface area contributed by atoms with Gasteiger partial charge in [0.15, 0.2) is 0 Å². The molecule has 1 amide bonds. The van der Waals surface area contributed by atoms with Crippen LogP contribution in [0, 0.1) is 0 Å². The standard InChI is InChI=1S/C14H17NO4/c1-19-14(18)11-7-4-5-9-15(11)13(17)10-6-2-3-8-12(10)16/h2-3,6,8,11,16H,4-5,7,9H2,1H3. The van der Waals surface area contributed by atoms with E-state index >= 15 is 0 Å². The zero-order chi connectivity index (χ0) is 13.8. The molecule has 1 saturated heterocycles. The van der Waals surface area contributed by atoms with Gasteiger partial charge in [-0.05, 0) is 31.4 Å². The van der Waals surface area contributed by atoms with Crippen LogP contribution in [-0.2, 0) is 9.53 Å². The van der Waals surface area contributed by atoms with Gasteiger partial charge in [0.1, 0.15) is 11.8 Å². The molecule has 0 spiro atoms. The van der Waals surface area contributed by atoms with Crippen LogP contribution in [0.3, 0.4) is 0 Å². The molecular formula is C14H17NO4. The number of piperidine rings is 1. The molecule has 1 atom stereocenters. The summed E-state index contributed by atoms with van der Waals surface area (Å²) in [5.41, 5.74) is 0.221. The molecule has 1 fully saturated rings. The number of esters is 1. The quantitative estimate of drug-likeness (QED) is 0.822. The van der Waals surface area contributed by atoms with Crippen LogP contribution in [0.15, 0.2) is 24.3 Å². The van der Waals surface area contributed by atoms with Crippen LogP contribution < -0.4 is 0 Å². The van der Waals surface area contributed by atoms with Gasteiger partial charge in [-0.1, -0.05) is 12.1 Å². The normalized spacial score (nSPS) is 19.0. The summed E-state index contributed by atoms with van der Waals surface area (Å²) in [7, 11) is 1.32. The van der Waals surface area contributed by atoms with Crippen molar-refractivity contribution in [1.82, 2.24) is 4.90 Å². The molecule has 0 bridgehead atoms. The van der Waals surface area contributed by atoms with Gasteiger partial charge in [-0.3, -0.25) is 4.79 Å². The molecule has 19 heavy (non-hydrogen) atoms. The zero-order valence-electron chi connectivity index (χ0n) is 10.8. The predicted molar refractivity (Wildman–Crippen MR) is 68.8 cm³/mol. The topological polar surface area (TPSA) is 66.8 Å². The van der Waals surface area contributed by atoms with Gasteiger partial charge in [-0.15, -0.1) is 0 Å². The first-order valence-corrected chi connectivity index (χ1v) is 6.32. The number of hydrogen-bond donors (Lipinski definition) is 1.